The molecule has 0 bridgehead atoms. The van der Waals surface area contributed by atoms with Crippen LogP contribution in [0, 0.1) is 0 Å². The van der Waals surface area contributed by atoms with Crippen molar-refractivity contribution < 1.29 is 8.42 Å². The lowest BCUT2D eigenvalue weighted by molar-refractivity contribution is 0.432. The highest BCUT2D eigenvalue weighted by Gasteiger charge is 2.17. The highest BCUT2D eigenvalue weighted by molar-refractivity contribution is 7.91. The molecule has 1 aliphatic rings. The van der Waals surface area contributed by atoms with Crippen molar-refractivity contribution in [2.75, 3.05) is 38.3 Å². The molecule has 0 spiro atoms. The molecular weight excluding hydrogens is 248 g/mol. The summed E-state index contributed by atoms with van der Waals surface area (Å²) in [5, 5.41) is 3.29. The van der Waals surface area contributed by atoms with Gasteiger partial charge in [0.2, 0.25) is 0 Å². The predicted molar refractivity (Wildman–Crippen MR) is 73.9 cm³/mol. The molecule has 4 nitrogen and oxygen atoms in total. The zero-order valence-electron chi connectivity index (χ0n) is 10.9. The lowest BCUT2D eigenvalue weighted by Gasteiger charge is -2.19. The van der Waals surface area contributed by atoms with Crippen LogP contribution >= 0.6 is 0 Å². The van der Waals surface area contributed by atoms with Crippen molar-refractivity contribution in [2.24, 2.45) is 0 Å². The molecule has 2 rings (SSSR count). The molecule has 0 atom stereocenters. The summed E-state index contributed by atoms with van der Waals surface area (Å²) in [5.74, 6) is 0.173. The molecule has 1 aromatic carbocycles. The first-order chi connectivity index (χ1) is 8.49. The average Bonchev–Trinajstić information content (AvgIpc) is 2.36. The molecule has 0 saturated carbocycles. The Bertz CT molecular complexity index is 524. The highest BCUT2D eigenvalue weighted by Crippen LogP contribution is 2.25. The van der Waals surface area contributed by atoms with Crippen molar-refractivity contribution in [1.82, 2.24) is 4.90 Å². The third kappa shape index (κ3) is 3.03. The van der Waals surface area contributed by atoms with E-state index in [1.54, 1.807) is 6.07 Å². The molecular formula is C13H20N2O2S. The van der Waals surface area contributed by atoms with Crippen LogP contribution in [0.2, 0.25) is 0 Å². The average molecular weight is 268 g/mol. The number of benzene rings is 1. The second kappa shape index (κ2) is 5.28. The SMILES string of the molecule is CN(C)CCS(=O)(=O)c1ccc2c(c1)CCCN2. The highest BCUT2D eigenvalue weighted by atomic mass is 32.2. The summed E-state index contributed by atoms with van der Waals surface area (Å²) in [6, 6.07) is 5.42. The summed E-state index contributed by atoms with van der Waals surface area (Å²) < 4.78 is 24.4. The Labute approximate surface area is 109 Å². The van der Waals surface area contributed by atoms with E-state index in [0.29, 0.717) is 11.4 Å². The fraction of sp³-hybridized carbons (Fsp3) is 0.538. The van der Waals surface area contributed by atoms with Crippen LogP contribution in [0.1, 0.15) is 12.0 Å². The molecule has 18 heavy (non-hydrogen) atoms. The molecule has 0 unspecified atom stereocenters. The van der Waals surface area contributed by atoms with Gasteiger partial charge in [-0.1, -0.05) is 0 Å². The van der Waals surface area contributed by atoms with E-state index >= 15 is 0 Å². The summed E-state index contributed by atoms with van der Waals surface area (Å²) in [5.41, 5.74) is 2.19. The topological polar surface area (TPSA) is 49.4 Å². The molecule has 0 aromatic heterocycles. The summed E-state index contributed by atoms with van der Waals surface area (Å²) in [6.45, 7) is 1.53. The fourth-order valence-electron chi connectivity index (χ4n) is 2.07. The van der Waals surface area contributed by atoms with Gasteiger partial charge in [0, 0.05) is 18.8 Å². The van der Waals surface area contributed by atoms with E-state index in [2.05, 4.69) is 5.32 Å². The summed E-state index contributed by atoms with van der Waals surface area (Å²) in [6.07, 6.45) is 2.02. The van der Waals surface area contributed by atoms with Crippen LogP contribution in [-0.2, 0) is 16.3 Å². The lowest BCUT2D eigenvalue weighted by Crippen LogP contribution is -2.22. The van der Waals surface area contributed by atoms with Crippen LogP contribution in [-0.4, -0.2) is 46.3 Å². The van der Waals surface area contributed by atoms with Crippen LogP contribution in [0.25, 0.3) is 0 Å². The van der Waals surface area contributed by atoms with Crippen molar-refractivity contribution in [3.63, 3.8) is 0 Å². The first kappa shape index (κ1) is 13.4. The maximum absolute atomic E-state index is 12.2. The van der Waals surface area contributed by atoms with Gasteiger partial charge in [-0.15, -0.1) is 0 Å². The zero-order chi connectivity index (χ0) is 13.2. The number of hydrogen-bond acceptors (Lipinski definition) is 4. The number of rotatable bonds is 4. The molecule has 0 radical (unpaired) electrons. The maximum atomic E-state index is 12.2. The molecule has 1 N–H and O–H groups in total. The van der Waals surface area contributed by atoms with E-state index in [-0.39, 0.29) is 5.75 Å². The Morgan fingerprint density at radius 3 is 2.83 bits per heavy atom. The summed E-state index contributed by atoms with van der Waals surface area (Å²) in [7, 11) is 0.604. The van der Waals surface area contributed by atoms with Crippen LogP contribution in [0.15, 0.2) is 23.1 Å². The van der Waals surface area contributed by atoms with Gasteiger partial charge in [-0.2, -0.15) is 0 Å². The van der Waals surface area contributed by atoms with E-state index in [1.165, 1.54) is 0 Å². The minimum Gasteiger partial charge on any atom is -0.385 e. The number of hydrogen-bond donors (Lipinski definition) is 1. The van der Waals surface area contributed by atoms with Crippen LogP contribution < -0.4 is 5.32 Å². The number of anilines is 1. The van der Waals surface area contributed by atoms with Crippen molar-refractivity contribution in [2.45, 2.75) is 17.7 Å². The Kier molecular flexibility index (Phi) is 3.92. The number of sulfone groups is 1. The minimum absolute atomic E-state index is 0.173. The van der Waals surface area contributed by atoms with E-state index in [9.17, 15) is 8.42 Å². The first-order valence-electron chi connectivity index (χ1n) is 6.23. The van der Waals surface area contributed by atoms with Gasteiger partial charge in [-0.05, 0) is 50.7 Å². The van der Waals surface area contributed by atoms with Gasteiger partial charge in [0.05, 0.1) is 10.6 Å². The molecule has 1 aromatic rings. The lowest BCUT2D eigenvalue weighted by atomic mass is 10.0. The standard InChI is InChI=1S/C13H20N2O2S/c1-15(2)8-9-18(16,17)12-5-6-13-11(10-12)4-3-7-14-13/h5-6,10,14H,3-4,7-9H2,1-2H3. The first-order valence-corrected chi connectivity index (χ1v) is 7.88. The molecule has 1 heterocycles. The van der Waals surface area contributed by atoms with Gasteiger partial charge in [0.15, 0.2) is 9.84 Å². The van der Waals surface area contributed by atoms with Gasteiger partial charge in [0.1, 0.15) is 0 Å². The number of fused-ring (bicyclic) bond motifs is 1. The van der Waals surface area contributed by atoms with Gasteiger partial charge >= 0.3 is 0 Å². The molecule has 0 fully saturated rings. The zero-order valence-corrected chi connectivity index (χ0v) is 11.8. The number of nitrogens with one attached hydrogen (secondary N) is 1. The molecule has 0 saturated heterocycles. The van der Waals surface area contributed by atoms with E-state index in [4.69, 9.17) is 0 Å². The quantitative estimate of drug-likeness (QED) is 0.896. The van der Waals surface area contributed by atoms with E-state index in [0.717, 1.165) is 30.6 Å². The van der Waals surface area contributed by atoms with Crippen molar-refractivity contribution >= 4 is 15.5 Å². The number of nitrogens with zero attached hydrogens (tertiary/aromatic N) is 1. The van der Waals surface area contributed by atoms with Crippen LogP contribution in [0.5, 0.6) is 0 Å². The second-order valence-corrected chi connectivity index (χ2v) is 7.08. The number of aryl methyl sites for hydroxylation is 1. The smallest absolute Gasteiger partial charge is 0.179 e. The molecule has 5 heteroatoms. The Morgan fingerprint density at radius 2 is 2.11 bits per heavy atom. The van der Waals surface area contributed by atoms with Gasteiger partial charge < -0.3 is 10.2 Å². The van der Waals surface area contributed by atoms with Crippen molar-refractivity contribution in [3.05, 3.63) is 23.8 Å². The van der Waals surface area contributed by atoms with Crippen LogP contribution in [0.3, 0.4) is 0 Å². The molecule has 100 valence electrons. The second-order valence-electron chi connectivity index (χ2n) is 4.97. The predicted octanol–water partition coefficient (Wildman–Crippen LogP) is 1.38. The largest absolute Gasteiger partial charge is 0.385 e. The van der Waals surface area contributed by atoms with E-state index < -0.39 is 9.84 Å². The summed E-state index contributed by atoms with van der Waals surface area (Å²) >= 11 is 0. The van der Waals surface area contributed by atoms with Gasteiger partial charge in [-0.3, -0.25) is 0 Å². The van der Waals surface area contributed by atoms with E-state index in [1.807, 2.05) is 31.1 Å². The summed E-state index contributed by atoms with van der Waals surface area (Å²) in [4.78, 5) is 2.34. The Balaban J connectivity index is 2.22. The normalized spacial score (nSPS) is 15.3. The van der Waals surface area contributed by atoms with Gasteiger partial charge in [0.25, 0.3) is 0 Å². The Hall–Kier alpha value is -1.07. The fourth-order valence-corrected chi connectivity index (χ4v) is 3.50. The van der Waals surface area contributed by atoms with Crippen molar-refractivity contribution in [3.8, 4) is 0 Å². The molecule has 1 aliphatic heterocycles. The third-order valence-corrected chi connectivity index (χ3v) is 4.87. The monoisotopic (exact) mass is 268 g/mol. The molecule has 0 aliphatic carbocycles. The van der Waals surface area contributed by atoms with Crippen molar-refractivity contribution in [1.29, 1.82) is 0 Å². The Morgan fingerprint density at radius 1 is 1.33 bits per heavy atom. The third-order valence-electron chi connectivity index (χ3n) is 3.18. The van der Waals surface area contributed by atoms with Gasteiger partial charge in [-0.25, -0.2) is 8.42 Å². The molecule has 0 amide bonds. The maximum Gasteiger partial charge on any atom is 0.179 e. The van der Waals surface area contributed by atoms with Crippen LogP contribution in [0.4, 0.5) is 5.69 Å². The minimum atomic E-state index is -3.16.